The number of fused-ring (bicyclic) bond motifs is 8. The first-order chi connectivity index (χ1) is 24.3. The van der Waals surface area contributed by atoms with E-state index in [4.69, 9.17) is 0 Å². The van der Waals surface area contributed by atoms with Crippen molar-refractivity contribution in [2.45, 2.75) is 0 Å². The molecule has 0 saturated carbocycles. The normalized spacial score (nSPS) is 11.7. The summed E-state index contributed by atoms with van der Waals surface area (Å²) in [4.78, 5) is 2.45. The van der Waals surface area contributed by atoms with Gasteiger partial charge in [0.2, 0.25) is 0 Å². The van der Waals surface area contributed by atoms with Crippen molar-refractivity contribution >= 4 is 81.1 Å². The summed E-state index contributed by atoms with van der Waals surface area (Å²) in [6, 6.07) is 66.2. The van der Waals surface area contributed by atoms with E-state index in [1.807, 2.05) is 11.3 Å². The fraction of sp³-hybridized carbons (Fsp3) is 0. The van der Waals surface area contributed by atoms with Crippen LogP contribution >= 0.6 is 11.3 Å². The van der Waals surface area contributed by atoms with Crippen molar-refractivity contribution in [1.82, 2.24) is 4.57 Å². The van der Waals surface area contributed by atoms with Crippen molar-refractivity contribution in [3.8, 4) is 16.8 Å². The van der Waals surface area contributed by atoms with Gasteiger partial charge in [0.15, 0.2) is 0 Å². The Hall–Kier alpha value is -6.16. The molecular formula is C46H30N2S. The number of benzene rings is 8. The van der Waals surface area contributed by atoms with Crippen LogP contribution in [0.3, 0.4) is 0 Å². The van der Waals surface area contributed by atoms with Crippen LogP contribution in [0.1, 0.15) is 0 Å². The largest absolute Gasteiger partial charge is 0.310 e. The smallest absolute Gasteiger partial charge is 0.0619 e. The van der Waals surface area contributed by atoms with Crippen LogP contribution in [-0.4, -0.2) is 4.57 Å². The summed E-state index contributed by atoms with van der Waals surface area (Å²) in [6.45, 7) is 0. The summed E-state index contributed by atoms with van der Waals surface area (Å²) in [5.74, 6) is 0. The molecular weight excluding hydrogens is 613 g/mol. The number of thiophene rings is 1. The van der Waals surface area contributed by atoms with E-state index in [2.05, 4.69) is 191 Å². The molecule has 0 aliphatic rings. The maximum Gasteiger partial charge on any atom is 0.0619 e. The molecule has 0 radical (unpaired) electrons. The van der Waals surface area contributed by atoms with Crippen LogP contribution in [-0.2, 0) is 0 Å². The van der Waals surface area contributed by atoms with Gasteiger partial charge in [-0.15, -0.1) is 11.3 Å². The Morgan fingerprint density at radius 3 is 1.94 bits per heavy atom. The Bertz CT molecular complexity index is 2810. The lowest BCUT2D eigenvalue weighted by atomic mass is 10.0. The lowest BCUT2D eigenvalue weighted by molar-refractivity contribution is 1.18. The summed E-state index contributed by atoms with van der Waals surface area (Å²) in [6.07, 6.45) is 0. The van der Waals surface area contributed by atoms with Crippen molar-refractivity contribution < 1.29 is 0 Å². The monoisotopic (exact) mass is 642 g/mol. The van der Waals surface area contributed by atoms with Crippen LogP contribution in [0.25, 0.3) is 69.6 Å². The van der Waals surface area contributed by atoms with Gasteiger partial charge in [-0.1, -0.05) is 121 Å². The van der Waals surface area contributed by atoms with Crippen LogP contribution in [0.2, 0.25) is 0 Å². The third kappa shape index (κ3) is 4.47. The van der Waals surface area contributed by atoms with Gasteiger partial charge in [0.05, 0.1) is 16.7 Å². The molecule has 0 amide bonds. The zero-order valence-corrected chi connectivity index (χ0v) is 27.4. The zero-order valence-electron chi connectivity index (χ0n) is 26.6. The van der Waals surface area contributed by atoms with Gasteiger partial charge in [-0.3, -0.25) is 0 Å². The molecule has 0 atom stereocenters. The summed E-state index contributed by atoms with van der Waals surface area (Å²) in [7, 11) is 0. The average molecular weight is 643 g/mol. The standard InChI is InChI=1S/C46H30N2S/c1-3-12-31(13-4-1)32-22-25-35(26-23-32)47(42-19-11-21-44-45(42)39-18-9-10-20-43(39)49-44)36-27-29-41-40(30-36)38-28-24-33-14-7-8-17-37(33)46(38)48(41)34-15-5-2-6-16-34/h1-30H. The summed E-state index contributed by atoms with van der Waals surface area (Å²) < 4.78 is 5.03. The molecule has 2 heterocycles. The van der Waals surface area contributed by atoms with Crippen molar-refractivity contribution in [1.29, 1.82) is 0 Å². The highest BCUT2D eigenvalue weighted by Gasteiger charge is 2.21. The molecule has 0 aliphatic heterocycles. The minimum Gasteiger partial charge on any atom is -0.310 e. The topological polar surface area (TPSA) is 8.17 Å². The highest BCUT2D eigenvalue weighted by molar-refractivity contribution is 7.26. The van der Waals surface area contributed by atoms with E-state index in [9.17, 15) is 0 Å². The minimum absolute atomic E-state index is 1.12. The van der Waals surface area contributed by atoms with E-state index < -0.39 is 0 Å². The molecule has 10 rings (SSSR count). The molecule has 0 aliphatic carbocycles. The number of aromatic nitrogens is 1. The maximum atomic E-state index is 2.45. The first-order valence-electron chi connectivity index (χ1n) is 16.7. The van der Waals surface area contributed by atoms with Gasteiger partial charge < -0.3 is 9.47 Å². The lowest BCUT2D eigenvalue weighted by Crippen LogP contribution is -2.10. The molecule has 0 saturated heterocycles. The zero-order chi connectivity index (χ0) is 32.3. The summed E-state index contributed by atoms with van der Waals surface area (Å²) in [5.41, 5.74) is 9.45. The van der Waals surface area contributed by atoms with E-state index in [0.717, 1.165) is 17.1 Å². The summed E-state index contributed by atoms with van der Waals surface area (Å²) >= 11 is 1.86. The Morgan fingerprint density at radius 2 is 1.10 bits per heavy atom. The molecule has 0 bridgehead atoms. The molecule has 0 unspecified atom stereocenters. The second-order valence-electron chi connectivity index (χ2n) is 12.6. The van der Waals surface area contributed by atoms with Gasteiger partial charge in [-0.05, 0) is 77.2 Å². The maximum absolute atomic E-state index is 2.45. The first kappa shape index (κ1) is 27.9. The second kappa shape index (κ2) is 11.2. The SMILES string of the molecule is c1ccc(-c2ccc(N(c3ccc4c(c3)c3ccc5ccccc5c3n4-c3ccccc3)c3cccc4sc5ccccc5c34)cc2)cc1. The number of anilines is 3. The van der Waals surface area contributed by atoms with Crippen molar-refractivity contribution in [3.05, 3.63) is 182 Å². The number of hydrogen-bond donors (Lipinski definition) is 0. The molecule has 230 valence electrons. The van der Waals surface area contributed by atoms with Gasteiger partial charge in [0.25, 0.3) is 0 Å². The highest BCUT2D eigenvalue weighted by atomic mass is 32.1. The molecule has 0 fully saturated rings. The number of hydrogen-bond acceptors (Lipinski definition) is 2. The van der Waals surface area contributed by atoms with E-state index in [-0.39, 0.29) is 0 Å². The molecule has 3 heteroatoms. The Kier molecular flexibility index (Phi) is 6.39. The predicted octanol–water partition coefficient (Wildman–Crippen LogP) is 13.4. The van der Waals surface area contributed by atoms with Gasteiger partial charge in [0.1, 0.15) is 0 Å². The van der Waals surface area contributed by atoms with Crippen molar-refractivity contribution in [2.24, 2.45) is 0 Å². The van der Waals surface area contributed by atoms with Crippen LogP contribution in [0.5, 0.6) is 0 Å². The molecule has 49 heavy (non-hydrogen) atoms. The first-order valence-corrected chi connectivity index (χ1v) is 17.5. The number of para-hydroxylation sites is 1. The quantitative estimate of drug-likeness (QED) is 0.181. The van der Waals surface area contributed by atoms with E-state index >= 15 is 0 Å². The lowest BCUT2D eigenvalue weighted by Gasteiger charge is -2.27. The van der Waals surface area contributed by atoms with Crippen molar-refractivity contribution in [2.75, 3.05) is 4.90 Å². The van der Waals surface area contributed by atoms with E-state index in [0.29, 0.717) is 0 Å². The van der Waals surface area contributed by atoms with Crippen LogP contribution in [0.15, 0.2) is 182 Å². The van der Waals surface area contributed by atoms with E-state index in [1.165, 1.54) is 69.6 Å². The van der Waals surface area contributed by atoms with Gasteiger partial charge in [0, 0.05) is 53.4 Å². The molecule has 0 N–H and O–H groups in total. The van der Waals surface area contributed by atoms with Gasteiger partial charge in [-0.2, -0.15) is 0 Å². The fourth-order valence-electron chi connectivity index (χ4n) is 7.56. The molecule has 8 aromatic carbocycles. The Morgan fingerprint density at radius 1 is 0.429 bits per heavy atom. The highest BCUT2D eigenvalue weighted by Crippen LogP contribution is 2.46. The van der Waals surface area contributed by atoms with E-state index in [1.54, 1.807) is 0 Å². The molecule has 2 nitrogen and oxygen atoms in total. The second-order valence-corrected chi connectivity index (χ2v) is 13.6. The van der Waals surface area contributed by atoms with Crippen LogP contribution < -0.4 is 4.90 Å². The fourth-order valence-corrected chi connectivity index (χ4v) is 8.68. The third-order valence-corrected chi connectivity index (χ3v) is 10.9. The van der Waals surface area contributed by atoms with Crippen molar-refractivity contribution in [3.63, 3.8) is 0 Å². The van der Waals surface area contributed by atoms with Gasteiger partial charge in [-0.25, -0.2) is 0 Å². The predicted molar refractivity (Wildman–Crippen MR) is 211 cm³/mol. The Balaban J connectivity index is 1.26. The Labute approximate surface area is 288 Å². The number of rotatable bonds is 5. The molecule has 0 spiro atoms. The van der Waals surface area contributed by atoms with Crippen LogP contribution in [0, 0.1) is 0 Å². The molecule has 10 aromatic rings. The molecule has 2 aromatic heterocycles. The number of nitrogens with zero attached hydrogens (tertiary/aromatic N) is 2. The third-order valence-electron chi connectivity index (χ3n) is 9.76. The minimum atomic E-state index is 1.12. The van der Waals surface area contributed by atoms with Crippen LogP contribution in [0.4, 0.5) is 17.1 Å². The summed E-state index contributed by atoms with van der Waals surface area (Å²) in [5, 5.41) is 7.55. The van der Waals surface area contributed by atoms with Gasteiger partial charge >= 0.3 is 0 Å². The average Bonchev–Trinajstić information content (AvgIpc) is 3.72.